The highest BCUT2D eigenvalue weighted by molar-refractivity contribution is 5.88. The Kier molecular flexibility index (Phi) is 5.07. The second kappa shape index (κ2) is 6.37. The molecule has 0 bridgehead atoms. The first-order chi connectivity index (χ1) is 7.24. The molecule has 1 atom stereocenters. The Morgan fingerprint density at radius 1 is 1.60 bits per heavy atom. The van der Waals surface area contributed by atoms with Crippen molar-refractivity contribution in [3.05, 3.63) is 24.8 Å². The van der Waals surface area contributed by atoms with E-state index in [-0.39, 0.29) is 6.61 Å². The van der Waals surface area contributed by atoms with Gasteiger partial charge in [0, 0.05) is 6.42 Å². The van der Waals surface area contributed by atoms with Gasteiger partial charge in [0.2, 0.25) is 6.29 Å². The first kappa shape index (κ1) is 11.9. The van der Waals surface area contributed by atoms with Crippen LogP contribution in [0.2, 0.25) is 0 Å². The van der Waals surface area contributed by atoms with E-state index >= 15 is 0 Å². The van der Waals surface area contributed by atoms with Gasteiger partial charge in [-0.3, -0.25) is 0 Å². The maximum absolute atomic E-state index is 11.4. The van der Waals surface area contributed by atoms with Gasteiger partial charge in [0.25, 0.3) is 0 Å². The third-order valence-corrected chi connectivity index (χ3v) is 1.93. The van der Waals surface area contributed by atoms with Gasteiger partial charge in [-0.15, -0.1) is 6.58 Å². The second-order valence-corrected chi connectivity index (χ2v) is 3.26. The van der Waals surface area contributed by atoms with E-state index in [1.54, 1.807) is 6.08 Å². The van der Waals surface area contributed by atoms with Crippen LogP contribution in [0.4, 0.5) is 0 Å². The minimum absolute atomic E-state index is 0.164. The van der Waals surface area contributed by atoms with Gasteiger partial charge < -0.3 is 14.2 Å². The predicted molar refractivity (Wildman–Crippen MR) is 55.2 cm³/mol. The largest absolute Gasteiger partial charge is 0.432 e. The van der Waals surface area contributed by atoms with Gasteiger partial charge in [-0.2, -0.15) is 0 Å². The highest BCUT2D eigenvalue weighted by Gasteiger charge is 2.21. The van der Waals surface area contributed by atoms with Crippen LogP contribution in [-0.4, -0.2) is 32.1 Å². The van der Waals surface area contributed by atoms with Crippen LogP contribution in [0.3, 0.4) is 0 Å². The lowest BCUT2D eigenvalue weighted by molar-refractivity contribution is -0.165. The van der Waals surface area contributed by atoms with Crippen LogP contribution >= 0.6 is 0 Å². The number of carbonyl (C=O) groups excluding carboxylic acids is 1. The maximum atomic E-state index is 11.4. The summed E-state index contributed by atoms with van der Waals surface area (Å²) in [7, 11) is 0. The van der Waals surface area contributed by atoms with E-state index in [0.29, 0.717) is 18.8 Å². The molecule has 84 valence electrons. The van der Waals surface area contributed by atoms with Crippen molar-refractivity contribution in [3.63, 3.8) is 0 Å². The summed E-state index contributed by atoms with van der Waals surface area (Å²) in [5, 5.41) is 0. The Bertz CT molecular complexity index is 241. The first-order valence-electron chi connectivity index (χ1n) is 4.93. The Labute approximate surface area is 89.5 Å². The van der Waals surface area contributed by atoms with Gasteiger partial charge in [0.05, 0.1) is 25.4 Å². The molecule has 0 aliphatic carbocycles. The molecule has 1 rings (SSSR count). The molecular weight excluding hydrogens is 196 g/mol. The van der Waals surface area contributed by atoms with Crippen LogP contribution in [0, 0.1) is 0 Å². The third-order valence-electron chi connectivity index (χ3n) is 1.93. The lowest BCUT2D eigenvalue weighted by Crippen LogP contribution is -2.19. The van der Waals surface area contributed by atoms with Crippen LogP contribution in [0.15, 0.2) is 24.8 Å². The van der Waals surface area contributed by atoms with Gasteiger partial charge in [0.1, 0.15) is 0 Å². The van der Waals surface area contributed by atoms with Gasteiger partial charge in [0.15, 0.2) is 0 Å². The van der Waals surface area contributed by atoms with Crippen molar-refractivity contribution in [1.82, 2.24) is 0 Å². The summed E-state index contributed by atoms with van der Waals surface area (Å²) in [4.78, 5) is 11.4. The average Bonchev–Trinajstić information content (AvgIpc) is 2.70. The average molecular weight is 212 g/mol. The summed E-state index contributed by atoms with van der Waals surface area (Å²) < 4.78 is 15.3. The zero-order chi connectivity index (χ0) is 11.1. The molecule has 1 aliphatic heterocycles. The molecule has 0 aromatic rings. The number of ether oxygens (including phenoxy) is 3. The molecule has 15 heavy (non-hydrogen) atoms. The lowest BCUT2D eigenvalue weighted by atomic mass is 10.3. The molecule has 1 aliphatic rings. The fourth-order valence-electron chi connectivity index (χ4n) is 1.17. The molecule has 1 heterocycles. The van der Waals surface area contributed by atoms with E-state index in [1.807, 2.05) is 0 Å². The number of hydrogen-bond donors (Lipinski definition) is 0. The quantitative estimate of drug-likeness (QED) is 0.289. The van der Waals surface area contributed by atoms with E-state index in [0.717, 1.165) is 12.8 Å². The highest BCUT2D eigenvalue weighted by atomic mass is 16.7. The van der Waals surface area contributed by atoms with Crippen molar-refractivity contribution in [1.29, 1.82) is 0 Å². The van der Waals surface area contributed by atoms with Crippen molar-refractivity contribution in [2.45, 2.75) is 19.1 Å². The van der Waals surface area contributed by atoms with Crippen molar-refractivity contribution in [2.75, 3.05) is 19.8 Å². The lowest BCUT2D eigenvalue weighted by Gasteiger charge is -2.12. The van der Waals surface area contributed by atoms with Gasteiger partial charge in [-0.1, -0.05) is 12.7 Å². The highest BCUT2D eigenvalue weighted by Crippen LogP contribution is 2.14. The molecule has 0 aromatic heterocycles. The molecule has 0 saturated carbocycles. The van der Waals surface area contributed by atoms with Crippen molar-refractivity contribution in [3.8, 4) is 0 Å². The maximum Gasteiger partial charge on any atom is 0.338 e. The number of hydrogen-bond acceptors (Lipinski definition) is 4. The van der Waals surface area contributed by atoms with Gasteiger partial charge in [-0.05, 0) is 6.42 Å². The summed E-state index contributed by atoms with van der Waals surface area (Å²) in [6.07, 6.45) is 2.89. The molecule has 0 N–H and O–H groups in total. The molecule has 0 aromatic carbocycles. The first-order valence-corrected chi connectivity index (χ1v) is 4.93. The Hall–Kier alpha value is -1.13. The number of esters is 1. The van der Waals surface area contributed by atoms with Crippen molar-refractivity contribution >= 4 is 5.97 Å². The standard InChI is InChI=1S/C11H16O4/c1-3-6-13-8-9(2)11(12)15-10-5-4-7-14-10/h3,10H,1-2,4-8H2. The molecule has 1 fully saturated rings. The molecule has 1 unspecified atom stereocenters. The summed E-state index contributed by atoms with van der Waals surface area (Å²) in [5.41, 5.74) is 0.298. The van der Waals surface area contributed by atoms with Crippen molar-refractivity contribution < 1.29 is 19.0 Å². The second-order valence-electron chi connectivity index (χ2n) is 3.26. The molecule has 4 nitrogen and oxygen atoms in total. The zero-order valence-electron chi connectivity index (χ0n) is 8.74. The summed E-state index contributed by atoms with van der Waals surface area (Å²) in [6, 6.07) is 0. The van der Waals surface area contributed by atoms with Crippen LogP contribution < -0.4 is 0 Å². The Morgan fingerprint density at radius 3 is 3.00 bits per heavy atom. The fourth-order valence-corrected chi connectivity index (χ4v) is 1.17. The van der Waals surface area contributed by atoms with Crippen LogP contribution in [0.5, 0.6) is 0 Å². The van der Waals surface area contributed by atoms with E-state index in [2.05, 4.69) is 13.2 Å². The van der Waals surface area contributed by atoms with E-state index in [9.17, 15) is 4.79 Å². The molecule has 1 saturated heterocycles. The molecular formula is C11H16O4. The smallest absolute Gasteiger partial charge is 0.338 e. The third kappa shape index (κ3) is 4.27. The molecule has 0 spiro atoms. The summed E-state index contributed by atoms with van der Waals surface area (Å²) in [5.74, 6) is -0.453. The van der Waals surface area contributed by atoms with E-state index in [4.69, 9.17) is 14.2 Å². The fraction of sp³-hybridized carbons (Fsp3) is 0.545. The predicted octanol–water partition coefficient (Wildman–Crippen LogP) is 1.42. The molecule has 4 heteroatoms. The van der Waals surface area contributed by atoms with Crippen molar-refractivity contribution in [2.24, 2.45) is 0 Å². The van der Waals surface area contributed by atoms with Crippen LogP contribution in [0.25, 0.3) is 0 Å². The van der Waals surface area contributed by atoms with Gasteiger partial charge in [-0.25, -0.2) is 4.79 Å². The Balaban J connectivity index is 2.20. The SMILES string of the molecule is C=CCOCC(=C)C(=O)OC1CCCO1. The topological polar surface area (TPSA) is 44.8 Å². The number of carbonyl (C=O) groups is 1. The van der Waals surface area contributed by atoms with Crippen LogP contribution in [0.1, 0.15) is 12.8 Å². The molecule has 0 radical (unpaired) electrons. The minimum atomic E-state index is -0.453. The van der Waals surface area contributed by atoms with Gasteiger partial charge >= 0.3 is 5.97 Å². The van der Waals surface area contributed by atoms with E-state index < -0.39 is 12.3 Å². The number of rotatable bonds is 6. The Morgan fingerprint density at radius 2 is 2.40 bits per heavy atom. The summed E-state index contributed by atoms with van der Waals surface area (Å²) in [6.45, 7) is 8.28. The normalized spacial score (nSPS) is 19.9. The minimum Gasteiger partial charge on any atom is -0.432 e. The van der Waals surface area contributed by atoms with Crippen LogP contribution in [-0.2, 0) is 19.0 Å². The zero-order valence-corrected chi connectivity index (χ0v) is 8.74. The molecule has 0 amide bonds. The summed E-state index contributed by atoms with van der Waals surface area (Å²) >= 11 is 0. The van der Waals surface area contributed by atoms with E-state index in [1.165, 1.54) is 0 Å². The monoisotopic (exact) mass is 212 g/mol.